The third-order valence-corrected chi connectivity index (χ3v) is 14.3. The van der Waals surface area contributed by atoms with E-state index in [1.54, 1.807) is 45.2 Å². The highest BCUT2D eigenvalue weighted by molar-refractivity contribution is 7.81. The summed E-state index contributed by atoms with van der Waals surface area (Å²) in [6.45, 7) is 9.03. The van der Waals surface area contributed by atoms with E-state index in [0.717, 1.165) is 16.0 Å². The zero-order valence-corrected chi connectivity index (χ0v) is 44.6. The second-order valence-electron chi connectivity index (χ2n) is 18.9. The molecule has 4 aliphatic heterocycles. The van der Waals surface area contributed by atoms with Crippen LogP contribution < -0.4 is 20.3 Å². The molecule has 23 heteroatoms. The van der Waals surface area contributed by atoms with E-state index < -0.39 is 70.9 Å². The molecule has 21 nitrogen and oxygen atoms in total. The molecule has 9 atom stereocenters. The number of halogens is 1. The van der Waals surface area contributed by atoms with Crippen LogP contribution in [0, 0.1) is 5.92 Å². The molecule has 3 saturated heterocycles. The Balaban J connectivity index is 1.12. The summed E-state index contributed by atoms with van der Waals surface area (Å²) < 4.78 is 45.8. The number of allylic oxidation sites excluding steroid dienone is 3. The summed E-state index contributed by atoms with van der Waals surface area (Å²) in [5.74, 6) is -2.63. The van der Waals surface area contributed by atoms with E-state index in [4.69, 9.17) is 49.5 Å². The molecule has 0 spiro atoms. The van der Waals surface area contributed by atoms with Crippen molar-refractivity contribution >= 4 is 71.5 Å². The lowest BCUT2D eigenvalue weighted by atomic mass is 9.83. The van der Waals surface area contributed by atoms with Gasteiger partial charge >= 0.3 is 12.1 Å². The molecule has 4 unspecified atom stereocenters. The second kappa shape index (κ2) is 27.1. The minimum absolute atomic E-state index is 0.0522. The lowest BCUT2D eigenvalue weighted by Gasteiger charge is -2.42. The normalized spacial score (nSPS) is 28.0. The third kappa shape index (κ3) is 15.9. The fraction of sp³-hybridized carbons (Fsp3) is 0.660. The first-order valence-electron chi connectivity index (χ1n) is 24.5. The molecule has 3 fully saturated rings. The average molecular weight is 1070 g/mol. The number of benzene rings is 1. The largest absolute Gasteiger partial charge is 0.495 e. The fourth-order valence-electron chi connectivity index (χ4n) is 8.91. The number of imide groups is 1. The maximum absolute atomic E-state index is 14.3. The molecule has 5 rings (SSSR count). The van der Waals surface area contributed by atoms with Crippen molar-refractivity contribution in [3.05, 3.63) is 46.5 Å². The number of hydrogen-bond acceptors (Lipinski definition) is 17. The first kappa shape index (κ1) is 59.1. The Morgan fingerprint density at radius 3 is 2.34 bits per heavy atom. The van der Waals surface area contributed by atoms with Gasteiger partial charge in [-0.3, -0.25) is 34.2 Å². The van der Waals surface area contributed by atoms with E-state index in [1.165, 1.54) is 38.0 Å². The molecular weight excluding hydrogens is 994 g/mol. The second-order valence-corrected chi connectivity index (χ2v) is 19.9. The first-order valence-corrected chi connectivity index (χ1v) is 25.4. The highest BCUT2D eigenvalue weighted by atomic mass is 35.5. The summed E-state index contributed by atoms with van der Waals surface area (Å²) in [6, 6.07) is 2.46. The van der Waals surface area contributed by atoms with Crippen LogP contribution in [0.4, 0.5) is 10.5 Å². The molecule has 6 amide bonds. The van der Waals surface area contributed by atoms with Gasteiger partial charge in [-0.15, -0.1) is 0 Å². The molecule has 1 aromatic carbocycles. The van der Waals surface area contributed by atoms with Gasteiger partial charge in [0.2, 0.25) is 29.5 Å². The number of alkyl carbamates (subject to hydrolysis) is 1. The lowest BCUT2D eigenvalue weighted by Crippen LogP contribution is -2.63. The molecule has 4 heterocycles. The number of hydrogen-bond donors (Lipinski definition) is 4. The van der Waals surface area contributed by atoms with E-state index in [9.17, 15) is 38.7 Å². The van der Waals surface area contributed by atoms with Crippen LogP contribution >= 0.6 is 24.2 Å². The predicted molar refractivity (Wildman–Crippen MR) is 269 cm³/mol. The Hall–Kier alpha value is -4.81. The number of epoxide rings is 1. The Morgan fingerprint density at radius 1 is 1.01 bits per heavy atom. The Morgan fingerprint density at radius 2 is 1.68 bits per heavy atom. The van der Waals surface area contributed by atoms with Crippen LogP contribution in [-0.4, -0.2) is 185 Å². The Bertz CT molecular complexity index is 2220. The number of aliphatic hydroxyl groups is 1. The minimum Gasteiger partial charge on any atom is -0.495 e. The number of methoxy groups -OCH3 is 2. The van der Waals surface area contributed by atoms with Crippen LogP contribution in [0.1, 0.15) is 78.2 Å². The summed E-state index contributed by atoms with van der Waals surface area (Å²) in [5, 5.41) is 16.7. The van der Waals surface area contributed by atoms with Gasteiger partial charge in [-0.1, -0.05) is 42.3 Å². The number of carbonyl (C=O) groups excluding carboxylic acids is 7. The van der Waals surface area contributed by atoms with Crippen molar-refractivity contribution in [3.63, 3.8) is 0 Å². The quantitative estimate of drug-likeness (QED) is 0.0428. The molecular formula is C50H72ClN5O16S. The van der Waals surface area contributed by atoms with Crippen molar-refractivity contribution in [3.8, 4) is 5.75 Å². The molecule has 0 aliphatic carbocycles. The highest BCUT2D eigenvalue weighted by Gasteiger charge is 2.64. The topological polar surface area (TPSA) is 251 Å². The van der Waals surface area contributed by atoms with Gasteiger partial charge in [-0.2, -0.15) is 12.6 Å². The van der Waals surface area contributed by atoms with Crippen molar-refractivity contribution in [2.45, 2.75) is 126 Å². The minimum atomic E-state index is -1.87. The summed E-state index contributed by atoms with van der Waals surface area (Å²) in [7, 11) is 5.92. The van der Waals surface area contributed by atoms with Crippen LogP contribution in [0.3, 0.4) is 0 Å². The van der Waals surface area contributed by atoms with Crippen LogP contribution in [0.15, 0.2) is 35.9 Å². The standard InChI is InChI=1S/C50H72ClN5O16S/c1-30-12-11-13-38(66-8)50(64)29-36(70-48(63)53-50)31(2)45-49(4,72-45)39(28-42(59)55(6)34-25-33(24-30)26-35(65-7)44(34)51)71-47(62)32(3)54(5)41(58)15-10-9-14-40(57)52-16-18-67-20-22-69-23-21-68-19-17-56-43(60)27-37(73)46(56)61/h11-13,25-26,31-32,36-39,45,64,73H,9-10,14-24,27-29H2,1-8H3,(H,52,57)(H,53,63)/b13-11+,30-12+/t31-,32+,36?,37?,38-,39+,45?,49-,50?/m1/s1. The van der Waals surface area contributed by atoms with E-state index >= 15 is 0 Å². The molecule has 0 aromatic heterocycles. The summed E-state index contributed by atoms with van der Waals surface area (Å²) in [6.07, 6.45) is 1.63. The SMILES string of the molecule is COc1cc2cc(c1Cl)N(C)C(=O)C[C@H](OC(=O)[C@H](C)N(C)C(=O)CCCCC(=O)NCCOCCOCCOCCN1C(=O)CC(S)C1=O)[C@@]1(C)OC1[C@H](C)C1CC(O)(NC(=O)O1)[C@H](OC)/C=C/C=C(\C)C2. The molecule has 4 aliphatic rings. The maximum Gasteiger partial charge on any atom is 0.409 e. The number of rotatable bonds is 22. The van der Waals surface area contributed by atoms with Gasteiger partial charge < -0.3 is 58.1 Å². The molecule has 1 aromatic rings. The van der Waals surface area contributed by atoms with Gasteiger partial charge in [-0.25, -0.2) is 9.59 Å². The number of thiol groups is 1. The van der Waals surface area contributed by atoms with Gasteiger partial charge in [0, 0.05) is 59.4 Å². The Kier molecular flexibility index (Phi) is 21.9. The molecule has 73 heavy (non-hydrogen) atoms. The molecule has 4 bridgehead atoms. The molecule has 0 saturated carbocycles. The van der Waals surface area contributed by atoms with Gasteiger partial charge in [-0.05, 0) is 57.7 Å². The zero-order chi connectivity index (χ0) is 53.6. The summed E-state index contributed by atoms with van der Waals surface area (Å²) >= 11 is 10.9. The number of likely N-dealkylation sites (N-methyl/N-ethyl adjacent to an activating group) is 1. The van der Waals surface area contributed by atoms with Gasteiger partial charge in [0.05, 0.1) is 76.8 Å². The number of ether oxygens (including phenoxy) is 8. The van der Waals surface area contributed by atoms with Crippen molar-refractivity contribution in [1.82, 2.24) is 20.4 Å². The number of unbranched alkanes of at least 4 members (excludes halogenated alkanes) is 1. The average Bonchev–Trinajstić information content (AvgIpc) is 3.98. The van der Waals surface area contributed by atoms with E-state index in [2.05, 4.69) is 23.3 Å². The zero-order valence-electron chi connectivity index (χ0n) is 43.0. The van der Waals surface area contributed by atoms with Crippen LogP contribution in [-0.2, 0) is 68.3 Å². The first-order chi connectivity index (χ1) is 34.6. The van der Waals surface area contributed by atoms with E-state index in [1.807, 2.05) is 13.0 Å². The number of likely N-dealkylation sites (tertiary alicyclic amines) is 1. The molecule has 0 radical (unpaired) electrons. The smallest absolute Gasteiger partial charge is 0.409 e. The lowest BCUT2D eigenvalue weighted by molar-refractivity contribution is -0.162. The van der Waals surface area contributed by atoms with Crippen molar-refractivity contribution in [2.75, 3.05) is 85.9 Å². The van der Waals surface area contributed by atoms with E-state index in [0.29, 0.717) is 50.5 Å². The molecule has 406 valence electrons. The van der Waals surface area contributed by atoms with Crippen LogP contribution in [0.25, 0.3) is 0 Å². The van der Waals surface area contributed by atoms with Gasteiger partial charge in [0.25, 0.3) is 0 Å². The predicted octanol–water partition coefficient (Wildman–Crippen LogP) is 3.30. The monoisotopic (exact) mass is 1070 g/mol. The summed E-state index contributed by atoms with van der Waals surface area (Å²) in [5.41, 5.74) is -1.12. The summed E-state index contributed by atoms with van der Waals surface area (Å²) in [4.78, 5) is 94.5. The van der Waals surface area contributed by atoms with Crippen LogP contribution in [0.5, 0.6) is 5.75 Å². The number of carbonyl (C=O) groups is 7. The van der Waals surface area contributed by atoms with Crippen molar-refractivity contribution in [1.29, 1.82) is 0 Å². The fourth-order valence-corrected chi connectivity index (χ4v) is 9.51. The van der Waals surface area contributed by atoms with Crippen LogP contribution in [0.2, 0.25) is 5.02 Å². The molecule has 3 N–H and O–H groups in total. The number of nitrogens with zero attached hydrogens (tertiary/aromatic N) is 3. The highest BCUT2D eigenvalue weighted by Crippen LogP contribution is 2.49. The van der Waals surface area contributed by atoms with Gasteiger partial charge in [0.1, 0.15) is 40.7 Å². The Labute approximate surface area is 437 Å². The van der Waals surface area contributed by atoms with E-state index in [-0.39, 0.29) is 93.7 Å². The van der Waals surface area contributed by atoms with Gasteiger partial charge in [0.15, 0.2) is 5.72 Å². The maximum atomic E-state index is 14.3. The third-order valence-electron chi connectivity index (χ3n) is 13.6. The van der Waals surface area contributed by atoms with Crippen molar-refractivity contribution < 1.29 is 76.6 Å². The number of nitrogens with one attached hydrogen (secondary N) is 2. The number of esters is 1. The number of anilines is 1. The number of fused-ring (bicyclic) bond motifs is 5. The number of amides is 6. The van der Waals surface area contributed by atoms with Crippen molar-refractivity contribution in [2.24, 2.45) is 5.92 Å².